The Morgan fingerprint density at radius 3 is 2.57 bits per heavy atom. The monoisotopic (exact) mass is 418 g/mol. The number of nitrogens with one attached hydrogen (secondary N) is 2. The van der Waals surface area contributed by atoms with Gasteiger partial charge in [-0.1, -0.05) is 53.2 Å². The molecule has 0 aliphatic carbocycles. The molecule has 4 rings (SSSR count). The van der Waals surface area contributed by atoms with Crippen LogP contribution in [0.1, 0.15) is 15.9 Å². The highest BCUT2D eigenvalue weighted by atomic mass is 32.1. The highest BCUT2D eigenvalue weighted by Gasteiger charge is 2.17. The zero-order chi connectivity index (χ0) is 20.9. The average molecular weight is 418 g/mol. The van der Waals surface area contributed by atoms with E-state index in [2.05, 4.69) is 20.8 Å². The van der Waals surface area contributed by atoms with Crippen molar-refractivity contribution in [1.29, 1.82) is 0 Å². The summed E-state index contributed by atoms with van der Waals surface area (Å²) in [5.74, 6) is 0.142. The van der Waals surface area contributed by atoms with Crippen LogP contribution in [0.4, 0.5) is 5.69 Å². The summed E-state index contributed by atoms with van der Waals surface area (Å²) < 4.78 is 5.40. The Labute approximate surface area is 176 Å². The molecular weight excluding hydrogens is 400 g/mol. The molecule has 0 spiro atoms. The van der Waals surface area contributed by atoms with Crippen LogP contribution in [0.25, 0.3) is 22.2 Å². The topological polar surface area (TPSA) is 97.1 Å². The standard InChI is InChI=1S/C22H18N4O3S/c1-14-7-9-15(10-8-14)20-25-22(29-26-20)19-17(11-12-30-19)24-18(27)13-23-21(28)16-5-3-2-4-6-16/h2-12H,13H2,1H3,(H,23,28)(H,24,27). The molecular formula is C22H18N4O3S. The number of nitrogens with zero attached hydrogens (tertiary/aromatic N) is 2. The maximum absolute atomic E-state index is 12.3. The number of aromatic nitrogens is 2. The fourth-order valence-electron chi connectivity index (χ4n) is 2.76. The first kappa shape index (κ1) is 19.5. The zero-order valence-corrected chi connectivity index (χ0v) is 16.9. The molecule has 0 aliphatic rings. The van der Waals surface area contributed by atoms with E-state index in [1.54, 1.807) is 30.3 Å². The van der Waals surface area contributed by atoms with Gasteiger partial charge < -0.3 is 15.2 Å². The number of benzene rings is 2. The quantitative estimate of drug-likeness (QED) is 0.490. The third kappa shape index (κ3) is 4.44. The van der Waals surface area contributed by atoms with Gasteiger partial charge in [0.2, 0.25) is 11.7 Å². The molecule has 30 heavy (non-hydrogen) atoms. The van der Waals surface area contributed by atoms with Crippen LogP contribution in [-0.4, -0.2) is 28.5 Å². The Morgan fingerprint density at radius 2 is 1.80 bits per heavy atom. The maximum Gasteiger partial charge on any atom is 0.270 e. The van der Waals surface area contributed by atoms with Gasteiger partial charge in [-0.05, 0) is 30.5 Å². The van der Waals surface area contributed by atoms with Crippen molar-refractivity contribution in [1.82, 2.24) is 15.5 Å². The Balaban J connectivity index is 1.42. The number of carbonyl (C=O) groups excluding carboxylic acids is 2. The largest absolute Gasteiger partial charge is 0.343 e. The Morgan fingerprint density at radius 1 is 1.03 bits per heavy atom. The second kappa shape index (κ2) is 8.71. The predicted molar refractivity (Wildman–Crippen MR) is 115 cm³/mol. The van der Waals surface area contributed by atoms with Crippen molar-refractivity contribution >= 4 is 28.8 Å². The third-order valence-electron chi connectivity index (χ3n) is 4.31. The number of thiophene rings is 1. The van der Waals surface area contributed by atoms with Crippen LogP contribution < -0.4 is 10.6 Å². The number of amides is 2. The van der Waals surface area contributed by atoms with Crippen LogP contribution in [-0.2, 0) is 4.79 Å². The summed E-state index contributed by atoms with van der Waals surface area (Å²) in [5.41, 5.74) is 3.04. The lowest BCUT2D eigenvalue weighted by molar-refractivity contribution is -0.115. The van der Waals surface area contributed by atoms with E-state index in [0.29, 0.717) is 27.8 Å². The van der Waals surface area contributed by atoms with Crippen molar-refractivity contribution in [2.75, 3.05) is 11.9 Å². The van der Waals surface area contributed by atoms with Crippen molar-refractivity contribution in [3.8, 4) is 22.2 Å². The second-order valence-corrected chi connectivity index (χ2v) is 7.47. The van der Waals surface area contributed by atoms with Crippen LogP contribution in [0.15, 0.2) is 70.6 Å². The van der Waals surface area contributed by atoms with E-state index in [1.165, 1.54) is 11.3 Å². The minimum absolute atomic E-state index is 0.151. The molecule has 2 heterocycles. The summed E-state index contributed by atoms with van der Waals surface area (Å²) in [6.07, 6.45) is 0. The molecule has 0 bridgehead atoms. The van der Waals surface area contributed by atoms with Gasteiger partial charge in [-0.3, -0.25) is 9.59 Å². The molecule has 0 saturated heterocycles. The molecule has 0 atom stereocenters. The van der Waals surface area contributed by atoms with Crippen molar-refractivity contribution in [2.45, 2.75) is 6.92 Å². The molecule has 150 valence electrons. The highest BCUT2D eigenvalue weighted by Crippen LogP contribution is 2.33. The minimum Gasteiger partial charge on any atom is -0.343 e. The van der Waals surface area contributed by atoms with Crippen molar-refractivity contribution in [3.63, 3.8) is 0 Å². The van der Waals surface area contributed by atoms with Gasteiger partial charge in [0, 0.05) is 11.1 Å². The first-order chi connectivity index (χ1) is 14.6. The van der Waals surface area contributed by atoms with Crippen LogP contribution in [0.3, 0.4) is 0 Å². The lowest BCUT2D eigenvalue weighted by atomic mass is 10.1. The Kier molecular flexibility index (Phi) is 5.67. The van der Waals surface area contributed by atoms with E-state index in [0.717, 1.165) is 11.1 Å². The number of hydrogen-bond donors (Lipinski definition) is 2. The van der Waals surface area contributed by atoms with Gasteiger partial charge >= 0.3 is 0 Å². The molecule has 2 N–H and O–H groups in total. The van der Waals surface area contributed by atoms with Gasteiger partial charge in [0.25, 0.3) is 11.8 Å². The molecule has 0 fully saturated rings. The number of aryl methyl sites for hydroxylation is 1. The molecule has 0 radical (unpaired) electrons. The lowest BCUT2D eigenvalue weighted by Gasteiger charge is -2.06. The number of hydrogen-bond acceptors (Lipinski definition) is 6. The molecule has 0 saturated carbocycles. The smallest absolute Gasteiger partial charge is 0.270 e. The SMILES string of the molecule is Cc1ccc(-c2noc(-c3sccc3NC(=O)CNC(=O)c3ccccc3)n2)cc1. The van der Waals surface area contributed by atoms with E-state index >= 15 is 0 Å². The van der Waals surface area contributed by atoms with Crippen molar-refractivity contribution in [2.24, 2.45) is 0 Å². The first-order valence-electron chi connectivity index (χ1n) is 9.22. The summed E-state index contributed by atoms with van der Waals surface area (Å²) in [6.45, 7) is 1.86. The molecule has 2 amide bonds. The molecule has 2 aromatic carbocycles. The summed E-state index contributed by atoms with van der Waals surface area (Å²) in [5, 5.41) is 11.2. The summed E-state index contributed by atoms with van der Waals surface area (Å²) in [7, 11) is 0. The molecule has 0 aliphatic heterocycles. The van der Waals surface area contributed by atoms with Crippen molar-refractivity contribution in [3.05, 3.63) is 77.2 Å². The summed E-state index contributed by atoms with van der Waals surface area (Å²) >= 11 is 1.38. The van der Waals surface area contributed by atoms with E-state index in [-0.39, 0.29) is 18.4 Å². The van der Waals surface area contributed by atoms with E-state index in [1.807, 2.05) is 42.6 Å². The summed E-state index contributed by atoms with van der Waals surface area (Å²) in [4.78, 5) is 29.5. The van der Waals surface area contributed by atoms with E-state index < -0.39 is 0 Å². The van der Waals surface area contributed by atoms with Crippen LogP contribution in [0.5, 0.6) is 0 Å². The molecule has 4 aromatic rings. The number of carbonyl (C=O) groups is 2. The molecule has 2 aromatic heterocycles. The van der Waals surface area contributed by atoms with Crippen LogP contribution in [0, 0.1) is 6.92 Å². The van der Waals surface area contributed by atoms with Crippen molar-refractivity contribution < 1.29 is 14.1 Å². The maximum atomic E-state index is 12.3. The Hall–Kier alpha value is -3.78. The fourth-order valence-corrected chi connectivity index (χ4v) is 3.53. The minimum atomic E-state index is -0.350. The van der Waals surface area contributed by atoms with Crippen LogP contribution in [0.2, 0.25) is 0 Å². The Bertz CT molecular complexity index is 1170. The highest BCUT2D eigenvalue weighted by molar-refractivity contribution is 7.14. The number of rotatable bonds is 6. The van der Waals surface area contributed by atoms with E-state index in [4.69, 9.17) is 4.52 Å². The van der Waals surface area contributed by atoms with Gasteiger partial charge in [-0.2, -0.15) is 4.98 Å². The van der Waals surface area contributed by atoms with Gasteiger partial charge in [0.15, 0.2) is 0 Å². The molecule has 7 nitrogen and oxygen atoms in total. The second-order valence-electron chi connectivity index (χ2n) is 6.55. The third-order valence-corrected chi connectivity index (χ3v) is 5.22. The van der Waals surface area contributed by atoms with Gasteiger partial charge in [-0.25, -0.2) is 0 Å². The fraction of sp³-hybridized carbons (Fsp3) is 0.0909. The van der Waals surface area contributed by atoms with Gasteiger partial charge in [-0.15, -0.1) is 11.3 Å². The lowest BCUT2D eigenvalue weighted by Crippen LogP contribution is -2.32. The zero-order valence-electron chi connectivity index (χ0n) is 16.1. The summed E-state index contributed by atoms with van der Waals surface area (Å²) in [6, 6.07) is 18.3. The predicted octanol–water partition coefficient (Wildman–Crippen LogP) is 4.14. The molecule has 0 unspecified atom stereocenters. The normalized spacial score (nSPS) is 10.6. The average Bonchev–Trinajstić information content (AvgIpc) is 3.42. The van der Waals surface area contributed by atoms with Gasteiger partial charge in [0.05, 0.1) is 12.2 Å². The first-order valence-corrected chi connectivity index (χ1v) is 10.1. The van der Waals surface area contributed by atoms with E-state index in [9.17, 15) is 9.59 Å². The van der Waals surface area contributed by atoms with Crippen LogP contribution >= 0.6 is 11.3 Å². The number of anilines is 1. The molecule has 8 heteroatoms. The van der Waals surface area contributed by atoms with Gasteiger partial charge in [0.1, 0.15) is 4.88 Å².